The molecule has 0 aliphatic carbocycles. The molecule has 2 aromatic rings. The van der Waals surface area contributed by atoms with Crippen molar-refractivity contribution in [2.24, 2.45) is 0 Å². The number of carbonyl (C=O) groups is 1. The van der Waals surface area contributed by atoms with E-state index in [-0.39, 0.29) is 11.3 Å². The van der Waals surface area contributed by atoms with Crippen molar-refractivity contribution in [3.05, 3.63) is 46.8 Å². The van der Waals surface area contributed by atoms with E-state index in [1.807, 2.05) is 11.6 Å². The standard InChI is InChI=1S/C21H31N5O/c1-5-16-6-8-17(9-7-16)21(3,4)14-23-20(27)19-15(2)26(25-24-19)18-10-12-22-13-11-18/h6-9,18,22H,5,10-14H2,1-4H3,(H,23,27). The Balaban J connectivity index is 1.65. The van der Waals surface area contributed by atoms with Crippen molar-refractivity contribution in [3.63, 3.8) is 0 Å². The first-order valence-electron chi connectivity index (χ1n) is 9.92. The SMILES string of the molecule is CCc1ccc(C(C)(C)CNC(=O)c2nnn(C3CCNCC3)c2C)cc1. The van der Waals surface area contributed by atoms with Crippen LogP contribution in [0.4, 0.5) is 0 Å². The van der Waals surface area contributed by atoms with Gasteiger partial charge in [-0.2, -0.15) is 0 Å². The molecule has 1 amide bonds. The Bertz CT molecular complexity index is 772. The molecule has 3 rings (SSSR count). The van der Waals surface area contributed by atoms with Crippen molar-refractivity contribution in [2.75, 3.05) is 19.6 Å². The second kappa shape index (κ2) is 8.21. The van der Waals surface area contributed by atoms with E-state index < -0.39 is 0 Å². The monoisotopic (exact) mass is 369 g/mol. The molecule has 1 aromatic heterocycles. The summed E-state index contributed by atoms with van der Waals surface area (Å²) in [6.45, 7) is 10.9. The first-order valence-corrected chi connectivity index (χ1v) is 9.92. The fraction of sp³-hybridized carbons (Fsp3) is 0.571. The second-order valence-electron chi connectivity index (χ2n) is 8.07. The number of nitrogens with zero attached hydrogens (tertiary/aromatic N) is 3. The minimum Gasteiger partial charge on any atom is -0.350 e. The Morgan fingerprint density at radius 3 is 2.56 bits per heavy atom. The van der Waals surface area contributed by atoms with E-state index in [1.165, 1.54) is 11.1 Å². The van der Waals surface area contributed by atoms with Gasteiger partial charge in [-0.1, -0.05) is 50.3 Å². The maximum absolute atomic E-state index is 12.7. The van der Waals surface area contributed by atoms with E-state index in [2.05, 4.69) is 66.0 Å². The van der Waals surface area contributed by atoms with Crippen LogP contribution in [0.25, 0.3) is 0 Å². The molecule has 2 N–H and O–H groups in total. The summed E-state index contributed by atoms with van der Waals surface area (Å²) in [5, 5.41) is 14.8. The molecule has 1 aromatic carbocycles. The number of nitrogens with one attached hydrogen (secondary N) is 2. The lowest BCUT2D eigenvalue weighted by molar-refractivity contribution is 0.0940. The molecule has 0 unspecified atom stereocenters. The Morgan fingerprint density at radius 1 is 1.26 bits per heavy atom. The van der Waals surface area contributed by atoms with E-state index in [4.69, 9.17) is 0 Å². The van der Waals surface area contributed by atoms with Gasteiger partial charge < -0.3 is 10.6 Å². The van der Waals surface area contributed by atoms with Crippen LogP contribution in [-0.4, -0.2) is 40.5 Å². The van der Waals surface area contributed by atoms with E-state index in [1.54, 1.807) is 0 Å². The van der Waals surface area contributed by atoms with Gasteiger partial charge in [0.2, 0.25) is 0 Å². The maximum atomic E-state index is 12.7. The number of aryl methyl sites for hydroxylation is 1. The van der Waals surface area contributed by atoms with E-state index in [0.29, 0.717) is 18.3 Å². The zero-order valence-electron chi connectivity index (χ0n) is 16.9. The van der Waals surface area contributed by atoms with Crippen LogP contribution in [0, 0.1) is 6.92 Å². The van der Waals surface area contributed by atoms with Gasteiger partial charge in [-0.3, -0.25) is 4.79 Å². The third kappa shape index (κ3) is 4.38. The molecule has 0 spiro atoms. The van der Waals surface area contributed by atoms with E-state index >= 15 is 0 Å². The molecule has 1 saturated heterocycles. The average Bonchev–Trinajstić information content (AvgIpc) is 3.08. The van der Waals surface area contributed by atoms with Gasteiger partial charge in [0.1, 0.15) is 0 Å². The van der Waals surface area contributed by atoms with Crippen LogP contribution in [0.3, 0.4) is 0 Å². The minimum absolute atomic E-state index is 0.147. The highest BCUT2D eigenvalue weighted by Gasteiger charge is 2.25. The van der Waals surface area contributed by atoms with Gasteiger partial charge in [0.05, 0.1) is 11.7 Å². The number of aromatic nitrogens is 3. The van der Waals surface area contributed by atoms with Crippen LogP contribution < -0.4 is 10.6 Å². The van der Waals surface area contributed by atoms with Crippen LogP contribution in [-0.2, 0) is 11.8 Å². The number of carbonyl (C=O) groups excluding carboxylic acids is 1. The molecule has 6 nitrogen and oxygen atoms in total. The van der Waals surface area contributed by atoms with Gasteiger partial charge in [-0.25, -0.2) is 4.68 Å². The van der Waals surface area contributed by atoms with Crippen LogP contribution in [0.1, 0.15) is 67.0 Å². The van der Waals surface area contributed by atoms with Gasteiger partial charge in [-0.15, -0.1) is 5.10 Å². The van der Waals surface area contributed by atoms with Crippen LogP contribution in [0.2, 0.25) is 0 Å². The minimum atomic E-state index is -0.152. The molecule has 0 saturated carbocycles. The normalized spacial score (nSPS) is 15.7. The van der Waals surface area contributed by atoms with Crippen molar-refractivity contribution >= 4 is 5.91 Å². The predicted octanol–water partition coefficient (Wildman–Crippen LogP) is 2.78. The van der Waals surface area contributed by atoms with E-state index in [0.717, 1.165) is 38.0 Å². The highest BCUT2D eigenvalue weighted by molar-refractivity contribution is 5.93. The summed E-state index contributed by atoms with van der Waals surface area (Å²) in [5.74, 6) is -0.147. The largest absolute Gasteiger partial charge is 0.350 e. The fourth-order valence-electron chi connectivity index (χ4n) is 3.63. The highest BCUT2D eigenvalue weighted by atomic mass is 16.2. The molecule has 6 heteroatoms. The molecule has 0 atom stereocenters. The van der Waals surface area contributed by atoms with Crippen molar-refractivity contribution in [2.45, 2.75) is 58.4 Å². The van der Waals surface area contributed by atoms with Crippen LogP contribution >= 0.6 is 0 Å². The lowest BCUT2D eigenvalue weighted by Gasteiger charge is -2.26. The summed E-state index contributed by atoms with van der Waals surface area (Å²) < 4.78 is 1.92. The first-order chi connectivity index (χ1) is 12.9. The Hall–Kier alpha value is -2.21. The van der Waals surface area contributed by atoms with Gasteiger partial charge in [0.15, 0.2) is 5.69 Å². The summed E-state index contributed by atoms with van der Waals surface area (Å²) in [6, 6.07) is 8.96. The molecule has 2 heterocycles. The van der Waals surface area contributed by atoms with E-state index in [9.17, 15) is 4.79 Å². The third-order valence-electron chi connectivity index (χ3n) is 5.63. The molecular formula is C21H31N5O. The molecule has 1 aliphatic rings. The topological polar surface area (TPSA) is 71.8 Å². The van der Waals surface area contributed by atoms with Crippen molar-refractivity contribution in [1.82, 2.24) is 25.6 Å². The first kappa shape index (κ1) is 19.5. The molecular weight excluding hydrogens is 338 g/mol. The van der Waals surface area contributed by atoms with Gasteiger partial charge in [0, 0.05) is 12.0 Å². The lowest BCUT2D eigenvalue weighted by atomic mass is 9.84. The molecule has 146 valence electrons. The molecule has 1 fully saturated rings. The number of piperidine rings is 1. The number of amides is 1. The summed E-state index contributed by atoms with van der Waals surface area (Å²) in [6.07, 6.45) is 3.07. The van der Waals surface area contributed by atoms with Gasteiger partial charge in [0.25, 0.3) is 5.91 Å². The predicted molar refractivity (Wildman–Crippen MR) is 107 cm³/mol. The zero-order chi connectivity index (χ0) is 19.4. The number of hydrogen-bond acceptors (Lipinski definition) is 4. The lowest BCUT2D eigenvalue weighted by Crippen LogP contribution is -2.37. The highest BCUT2D eigenvalue weighted by Crippen LogP contribution is 2.24. The summed E-state index contributed by atoms with van der Waals surface area (Å²) in [5.41, 5.74) is 3.68. The second-order valence-corrected chi connectivity index (χ2v) is 8.07. The Labute approximate surface area is 161 Å². The van der Waals surface area contributed by atoms with Crippen LogP contribution in [0.15, 0.2) is 24.3 Å². The molecule has 1 aliphatic heterocycles. The molecule has 0 radical (unpaired) electrons. The maximum Gasteiger partial charge on any atom is 0.273 e. The Morgan fingerprint density at radius 2 is 1.93 bits per heavy atom. The van der Waals surface area contributed by atoms with Crippen molar-refractivity contribution in [3.8, 4) is 0 Å². The zero-order valence-corrected chi connectivity index (χ0v) is 16.9. The molecule has 0 bridgehead atoms. The van der Waals surface area contributed by atoms with Crippen molar-refractivity contribution in [1.29, 1.82) is 0 Å². The number of hydrogen-bond donors (Lipinski definition) is 2. The quantitative estimate of drug-likeness (QED) is 0.821. The van der Waals surface area contributed by atoms with Gasteiger partial charge in [-0.05, 0) is 50.4 Å². The summed E-state index contributed by atoms with van der Waals surface area (Å²) in [7, 11) is 0. The number of rotatable bonds is 6. The Kier molecular flexibility index (Phi) is 5.95. The number of benzene rings is 1. The van der Waals surface area contributed by atoms with Gasteiger partial charge >= 0.3 is 0 Å². The smallest absolute Gasteiger partial charge is 0.273 e. The summed E-state index contributed by atoms with van der Waals surface area (Å²) in [4.78, 5) is 12.7. The average molecular weight is 370 g/mol. The fourth-order valence-corrected chi connectivity index (χ4v) is 3.63. The third-order valence-corrected chi connectivity index (χ3v) is 5.63. The van der Waals surface area contributed by atoms with Crippen molar-refractivity contribution < 1.29 is 4.79 Å². The summed E-state index contributed by atoms with van der Waals surface area (Å²) >= 11 is 0. The molecule has 27 heavy (non-hydrogen) atoms. The van der Waals surface area contributed by atoms with Crippen LogP contribution in [0.5, 0.6) is 0 Å².